The quantitative estimate of drug-likeness (QED) is 0.163. The minimum Gasteiger partial charge on any atom is -0.493 e. The van der Waals surface area contributed by atoms with Crippen molar-refractivity contribution in [3.05, 3.63) is 106 Å². The zero-order valence-corrected chi connectivity index (χ0v) is 19.6. The Morgan fingerprint density at radius 3 is 2.47 bits per heavy atom. The van der Waals surface area contributed by atoms with E-state index in [1.807, 2.05) is 30.3 Å². The summed E-state index contributed by atoms with van der Waals surface area (Å²) in [5.41, 5.74) is 2.80. The number of hydrogen-bond acceptors (Lipinski definition) is 8. The van der Waals surface area contributed by atoms with Gasteiger partial charge in [0.15, 0.2) is 16.4 Å². The molecule has 0 saturated carbocycles. The number of nitrogens with one attached hydrogen (secondary N) is 1. The van der Waals surface area contributed by atoms with Crippen LogP contribution in [0.5, 0.6) is 11.5 Å². The average Bonchev–Trinajstić information content (AvgIpc) is 2.88. The zero-order chi connectivity index (χ0) is 25.7. The fourth-order valence-electron chi connectivity index (χ4n) is 3.46. The van der Waals surface area contributed by atoms with E-state index in [2.05, 4.69) is 10.5 Å². The van der Waals surface area contributed by atoms with Gasteiger partial charge in [-0.3, -0.25) is 14.9 Å². The number of hydrogen-bond donors (Lipinski definition) is 1. The molecule has 0 aromatic heterocycles. The zero-order valence-electron chi connectivity index (χ0n) is 18.8. The molecule has 0 radical (unpaired) electrons. The first-order chi connectivity index (χ1) is 17.3. The second kappa shape index (κ2) is 10.2. The normalized spacial score (nSPS) is 11.4. The van der Waals surface area contributed by atoms with E-state index in [9.17, 15) is 23.3 Å². The van der Waals surface area contributed by atoms with Crippen LogP contribution in [0.1, 0.15) is 15.9 Å². The molecule has 0 spiro atoms. The van der Waals surface area contributed by atoms with E-state index in [1.54, 1.807) is 12.1 Å². The lowest BCUT2D eigenvalue weighted by atomic mass is 10.0. The van der Waals surface area contributed by atoms with Gasteiger partial charge in [-0.15, -0.1) is 0 Å². The van der Waals surface area contributed by atoms with E-state index in [0.717, 1.165) is 22.9 Å². The predicted molar refractivity (Wildman–Crippen MR) is 133 cm³/mol. The fourth-order valence-corrected chi connectivity index (χ4v) is 4.57. The lowest BCUT2D eigenvalue weighted by molar-refractivity contribution is -0.387. The number of amides is 1. The van der Waals surface area contributed by atoms with Crippen molar-refractivity contribution in [2.45, 2.75) is 4.90 Å². The average molecular weight is 506 g/mol. The van der Waals surface area contributed by atoms with E-state index in [-0.39, 0.29) is 11.5 Å². The van der Waals surface area contributed by atoms with Crippen molar-refractivity contribution in [1.82, 2.24) is 5.43 Å². The van der Waals surface area contributed by atoms with Crippen LogP contribution in [0.4, 0.5) is 5.69 Å². The number of rotatable bonds is 8. The van der Waals surface area contributed by atoms with E-state index in [0.29, 0.717) is 11.1 Å². The minimum absolute atomic E-state index is 0.0430. The molecule has 0 fully saturated rings. The summed E-state index contributed by atoms with van der Waals surface area (Å²) in [5, 5.41) is 16.9. The van der Waals surface area contributed by atoms with Crippen LogP contribution in [-0.2, 0) is 10.1 Å². The maximum absolute atomic E-state index is 12.7. The number of carbonyl (C=O) groups excluding carboxylic acids is 1. The van der Waals surface area contributed by atoms with Gasteiger partial charge in [0.2, 0.25) is 0 Å². The first-order valence-electron chi connectivity index (χ1n) is 10.5. The molecule has 0 aliphatic carbocycles. The Labute approximate surface area is 206 Å². The van der Waals surface area contributed by atoms with Crippen LogP contribution in [0.25, 0.3) is 10.8 Å². The van der Waals surface area contributed by atoms with Gasteiger partial charge in [0.1, 0.15) is 0 Å². The third-order valence-corrected chi connectivity index (χ3v) is 6.42. The van der Waals surface area contributed by atoms with Gasteiger partial charge in [0.05, 0.1) is 18.2 Å². The molecule has 0 unspecified atom stereocenters. The van der Waals surface area contributed by atoms with Crippen LogP contribution >= 0.6 is 0 Å². The molecule has 11 heteroatoms. The Balaban J connectivity index is 1.52. The molecule has 0 bridgehead atoms. The highest BCUT2D eigenvalue weighted by molar-refractivity contribution is 7.87. The van der Waals surface area contributed by atoms with Crippen molar-refractivity contribution in [3.63, 3.8) is 0 Å². The van der Waals surface area contributed by atoms with Gasteiger partial charge >= 0.3 is 10.1 Å². The number of nitro groups is 1. The van der Waals surface area contributed by atoms with Gasteiger partial charge in [0.25, 0.3) is 11.6 Å². The number of fused-ring (bicyclic) bond motifs is 1. The SMILES string of the molecule is COc1cc(/C=N\NC(=O)c2cccc3ccccc23)ccc1OS(=O)(=O)c1ccccc1[N+](=O)[O-]. The maximum atomic E-state index is 12.7. The van der Waals surface area contributed by atoms with Gasteiger partial charge in [-0.1, -0.05) is 48.5 Å². The van der Waals surface area contributed by atoms with E-state index in [4.69, 9.17) is 8.92 Å². The van der Waals surface area contributed by atoms with Crippen molar-refractivity contribution in [2.75, 3.05) is 7.11 Å². The molecular weight excluding hydrogens is 486 g/mol. The summed E-state index contributed by atoms with van der Waals surface area (Å²) < 4.78 is 35.7. The Morgan fingerprint density at radius 2 is 1.69 bits per heavy atom. The summed E-state index contributed by atoms with van der Waals surface area (Å²) in [4.78, 5) is 22.4. The predicted octanol–water partition coefficient (Wildman–Crippen LogP) is 4.29. The highest BCUT2D eigenvalue weighted by atomic mass is 32.2. The molecule has 0 aliphatic rings. The van der Waals surface area contributed by atoms with Crippen LogP contribution < -0.4 is 14.3 Å². The van der Waals surface area contributed by atoms with Crippen molar-refractivity contribution >= 4 is 38.7 Å². The molecule has 1 amide bonds. The molecule has 0 aliphatic heterocycles. The van der Waals surface area contributed by atoms with E-state index >= 15 is 0 Å². The van der Waals surface area contributed by atoms with Crippen molar-refractivity contribution in [3.8, 4) is 11.5 Å². The Bertz CT molecular complexity index is 1600. The maximum Gasteiger partial charge on any atom is 0.346 e. The number of hydrazone groups is 1. The molecule has 4 aromatic carbocycles. The summed E-state index contributed by atoms with van der Waals surface area (Å²) >= 11 is 0. The number of nitro benzene ring substituents is 1. The highest BCUT2D eigenvalue weighted by Gasteiger charge is 2.28. The molecule has 0 atom stereocenters. The Hall–Kier alpha value is -4.77. The summed E-state index contributed by atoms with van der Waals surface area (Å²) in [6.07, 6.45) is 1.35. The molecule has 4 aromatic rings. The standard InChI is InChI=1S/C25H19N3O7S/c1-34-23-15-17(16-26-27-25(29)20-10-6-8-18-7-2-3-9-19(18)20)13-14-22(23)35-36(32,33)24-12-5-4-11-21(24)28(30)31/h2-16H,1H3,(H,27,29)/b26-16-. The molecular formula is C25H19N3O7S. The molecule has 0 heterocycles. The Morgan fingerprint density at radius 1 is 0.972 bits per heavy atom. The number of ether oxygens (including phenoxy) is 1. The monoisotopic (exact) mass is 505 g/mol. The fraction of sp³-hybridized carbons (Fsp3) is 0.0400. The first kappa shape index (κ1) is 24.4. The van der Waals surface area contributed by atoms with Crippen LogP contribution in [0.2, 0.25) is 0 Å². The lowest BCUT2D eigenvalue weighted by Gasteiger charge is -2.11. The summed E-state index contributed by atoms with van der Waals surface area (Å²) in [6.45, 7) is 0. The third-order valence-electron chi connectivity index (χ3n) is 5.13. The number of benzene rings is 4. The summed E-state index contributed by atoms with van der Waals surface area (Å²) in [7, 11) is -3.22. The summed E-state index contributed by atoms with van der Waals surface area (Å²) in [5.74, 6) is -0.528. The summed E-state index contributed by atoms with van der Waals surface area (Å²) in [6, 6.07) is 22.0. The third kappa shape index (κ3) is 5.15. The molecule has 0 saturated heterocycles. The first-order valence-corrected chi connectivity index (χ1v) is 11.9. The molecule has 10 nitrogen and oxygen atoms in total. The van der Waals surface area contributed by atoms with Crippen LogP contribution in [-0.4, -0.2) is 32.6 Å². The van der Waals surface area contributed by atoms with Gasteiger partial charge in [-0.05, 0) is 46.7 Å². The number of carbonyl (C=O) groups is 1. The number of nitrogens with zero attached hydrogens (tertiary/aromatic N) is 2. The molecule has 4 rings (SSSR count). The number of para-hydroxylation sites is 1. The second-order valence-electron chi connectivity index (χ2n) is 7.40. The van der Waals surface area contributed by atoms with Crippen molar-refractivity contribution in [1.29, 1.82) is 0 Å². The largest absolute Gasteiger partial charge is 0.493 e. The Kier molecular flexibility index (Phi) is 6.93. The number of methoxy groups -OCH3 is 1. The van der Waals surface area contributed by atoms with Crippen molar-refractivity contribution < 1.29 is 27.1 Å². The molecule has 1 N–H and O–H groups in total. The smallest absolute Gasteiger partial charge is 0.346 e. The molecule has 36 heavy (non-hydrogen) atoms. The van der Waals surface area contributed by atoms with Crippen LogP contribution in [0.15, 0.2) is 94.9 Å². The van der Waals surface area contributed by atoms with Crippen LogP contribution in [0.3, 0.4) is 0 Å². The van der Waals surface area contributed by atoms with E-state index < -0.39 is 31.5 Å². The van der Waals surface area contributed by atoms with Gasteiger partial charge in [-0.25, -0.2) is 5.43 Å². The van der Waals surface area contributed by atoms with Gasteiger partial charge in [-0.2, -0.15) is 13.5 Å². The highest BCUT2D eigenvalue weighted by Crippen LogP contribution is 2.32. The molecule has 182 valence electrons. The van der Waals surface area contributed by atoms with Gasteiger partial charge in [0, 0.05) is 11.6 Å². The van der Waals surface area contributed by atoms with Crippen molar-refractivity contribution in [2.24, 2.45) is 5.10 Å². The topological polar surface area (TPSA) is 137 Å². The lowest BCUT2D eigenvalue weighted by Crippen LogP contribution is -2.17. The van der Waals surface area contributed by atoms with E-state index in [1.165, 1.54) is 43.7 Å². The minimum atomic E-state index is -4.52. The van der Waals surface area contributed by atoms with Crippen LogP contribution in [0, 0.1) is 10.1 Å². The second-order valence-corrected chi connectivity index (χ2v) is 8.91. The van der Waals surface area contributed by atoms with Gasteiger partial charge < -0.3 is 8.92 Å².